The van der Waals surface area contributed by atoms with Crippen molar-refractivity contribution in [3.05, 3.63) is 29.3 Å². The first kappa shape index (κ1) is 14.8. The molecule has 0 aromatic heterocycles. The lowest BCUT2D eigenvalue weighted by Crippen LogP contribution is -2.41. The van der Waals surface area contributed by atoms with E-state index in [9.17, 15) is 15.0 Å². The lowest BCUT2D eigenvalue weighted by molar-refractivity contribution is 0.0696. The van der Waals surface area contributed by atoms with E-state index in [4.69, 9.17) is 0 Å². The molecule has 1 aromatic carbocycles. The SMILES string of the molecule is Cc1cccc(C(=O)N2CC(O)CC2CN(C)C)c1O. The molecule has 110 valence electrons. The molecule has 1 heterocycles. The van der Waals surface area contributed by atoms with Crippen molar-refractivity contribution in [2.75, 3.05) is 27.2 Å². The Bertz CT molecular complexity index is 502. The number of likely N-dealkylation sites (N-methyl/N-ethyl adjacent to an activating group) is 1. The predicted octanol–water partition coefficient (Wildman–Crippen LogP) is 0.838. The van der Waals surface area contributed by atoms with Gasteiger partial charge in [-0.1, -0.05) is 12.1 Å². The number of carbonyl (C=O) groups is 1. The van der Waals surface area contributed by atoms with Crippen LogP contribution in [0.2, 0.25) is 0 Å². The number of amides is 1. The summed E-state index contributed by atoms with van der Waals surface area (Å²) in [5, 5.41) is 19.9. The Kier molecular flexibility index (Phi) is 4.30. The summed E-state index contributed by atoms with van der Waals surface area (Å²) in [4.78, 5) is 16.3. The molecule has 2 unspecified atom stereocenters. The van der Waals surface area contributed by atoms with Crippen molar-refractivity contribution in [2.24, 2.45) is 0 Å². The number of β-amino-alcohol motifs (C(OH)–C–C–N with tert-alkyl or cyclic N) is 1. The van der Waals surface area contributed by atoms with Crippen molar-refractivity contribution in [3.63, 3.8) is 0 Å². The molecule has 1 aliphatic heterocycles. The van der Waals surface area contributed by atoms with Crippen LogP contribution in [0.25, 0.3) is 0 Å². The molecule has 1 amide bonds. The minimum atomic E-state index is -0.490. The number of likely N-dealkylation sites (tertiary alicyclic amines) is 1. The van der Waals surface area contributed by atoms with Crippen LogP contribution in [0.4, 0.5) is 0 Å². The van der Waals surface area contributed by atoms with Gasteiger partial charge in [0.15, 0.2) is 0 Å². The summed E-state index contributed by atoms with van der Waals surface area (Å²) in [5.74, 6) is -0.183. The zero-order chi connectivity index (χ0) is 14.9. The average molecular weight is 278 g/mol. The van der Waals surface area contributed by atoms with Gasteiger partial charge in [-0.2, -0.15) is 0 Å². The highest BCUT2D eigenvalue weighted by molar-refractivity contribution is 5.97. The number of aliphatic hydroxyl groups excluding tert-OH is 1. The van der Waals surface area contributed by atoms with Crippen LogP contribution in [0.5, 0.6) is 5.75 Å². The fourth-order valence-electron chi connectivity index (χ4n) is 2.72. The third-order valence-electron chi connectivity index (χ3n) is 3.70. The Morgan fingerprint density at radius 1 is 1.45 bits per heavy atom. The summed E-state index contributed by atoms with van der Waals surface area (Å²) < 4.78 is 0. The largest absolute Gasteiger partial charge is 0.507 e. The standard InChI is InChI=1S/C15H22N2O3/c1-10-5-4-6-13(14(10)19)15(20)17-9-12(18)7-11(17)8-16(2)3/h4-6,11-12,18-19H,7-9H2,1-3H3. The number of aliphatic hydroxyl groups is 1. The summed E-state index contributed by atoms with van der Waals surface area (Å²) in [6.45, 7) is 2.79. The van der Waals surface area contributed by atoms with Crippen molar-refractivity contribution < 1.29 is 15.0 Å². The number of benzene rings is 1. The highest BCUT2D eigenvalue weighted by Gasteiger charge is 2.35. The molecule has 0 aliphatic carbocycles. The maximum absolute atomic E-state index is 12.6. The van der Waals surface area contributed by atoms with Gasteiger partial charge >= 0.3 is 0 Å². The van der Waals surface area contributed by atoms with E-state index < -0.39 is 6.10 Å². The Hall–Kier alpha value is -1.59. The molecule has 20 heavy (non-hydrogen) atoms. The van der Waals surface area contributed by atoms with Crippen molar-refractivity contribution in [3.8, 4) is 5.75 Å². The van der Waals surface area contributed by atoms with E-state index >= 15 is 0 Å². The van der Waals surface area contributed by atoms with Gasteiger partial charge in [0.25, 0.3) is 5.91 Å². The maximum atomic E-state index is 12.6. The van der Waals surface area contributed by atoms with Crippen molar-refractivity contribution in [1.82, 2.24) is 9.80 Å². The predicted molar refractivity (Wildman–Crippen MR) is 76.8 cm³/mol. The Labute approximate surface area is 119 Å². The smallest absolute Gasteiger partial charge is 0.258 e. The van der Waals surface area contributed by atoms with Gasteiger partial charge in [0, 0.05) is 19.1 Å². The number of phenolic OH excluding ortho intramolecular Hbond substituents is 1. The lowest BCUT2D eigenvalue weighted by atomic mass is 10.1. The van der Waals surface area contributed by atoms with Gasteiger partial charge < -0.3 is 20.0 Å². The van der Waals surface area contributed by atoms with Gasteiger partial charge in [-0.3, -0.25) is 4.79 Å². The number of rotatable bonds is 3. The molecule has 2 N–H and O–H groups in total. The van der Waals surface area contributed by atoms with E-state index in [1.807, 2.05) is 19.0 Å². The van der Waals surface area contributed by atoms with Gasteiger partial charge in [-0.05, 0) is 39.1 Å². The summed E-state index contributed by atoms with van der Waals surface area (Å²) in [6.07, 6.45) is 0.0899. The van der Waals surface area contributed by atoms with Gasteiger partial charge in [0.1, 0.15) is 5.75 Å². The van der Waals surface area contributed by atoms with Crippen molar-refractivity contribution in [1.29, 1.82) is 0 Å². The highest BCUT2D eigenvalue weighted by Crippen LogP contribution is 2.27. The topological polar surface area (TPSA) is 64.0 Å². The first-order chi connectivity index (χ1) is 9.40. The molecular weight excluding hydrogens is 256 g/mol. The quantitative estimate of drug-likeness (QED) is 0.860. The molecule has 0 saturated carbocycles. The molecule has 1 saturated heterocycles. The van der Waals surface area contributed by atoms with E-state index in [0.717, 1.165) is 0 Å². The molecule has 1 aliphatic rings. The molecule has 1 fully saturated rings. The first-order valence-corrected chi connectivity index (χ1v) is 6.82. The monoisotopic (exact) mass is 278 g/mol. The highest BCUT2D eigenvalue weighted by atomic mass is 16.3. The lowest BCUT2D eigenvalue weighted by Gasteiger charge is -2.27. The van der Waals surface area contributed by atoms with Crippen LogP contribution in [0.1, 0.15) is 22.3 Å². The van der Waals surface area contributed by atoms with E-state index in [2.05, 4.69) is 0 Å². The van der Waals surface area contributed by atoms with Crippen LogP contribution < -0.4 is 0 Å². The average Bonchev–Trinajstić information content (AvgIpc) is 2.72. The zero-order valence-electron chi connectivity index (χ0n) is 12.2. The molecule has 0 bridgehead atoms. The van der Waals surface area contributed by atoms with Gasteiger partial charge in [-0.15, -0.1) is 0 Å². The second-order valence-electron chi connectivity index (χ2n) is 5.73. The number of phenols is 1. The van der Waals surface area contributed by atoms with Crippen LogP contribution in [0, 0.1) is 6.92 Å². The summed E-state index contributed by atoms with van der Waals surface area (Å²) in [5.41, 5.74) is 0.989. The molecule has 5 nitrogen and oxygen atoms in total. The third kappa shape index (κ3) is 2.94. The number of hydrogen-bond donors (Lipinski definition) is 2. The number of aryl methyl sites for hydroxylation is 1. The minimum Gasteiger partial charge on any atom is -0.507 e. The number of aromatic hydroxyl groups is 1. The number of carbonyl (C=O) groups excluding carboxylic acids is 1. The van der Waals surface area contributed by atoms with E-state index in [-0.39, 0.29) is 17.7 Å². The molecule has 0 spiro atoms. The van der Waals surface area contributed by atoms with E-state index in [1.54, 1.807) is 30.0 Å². The van der Waals surface area contributed by atoms with Crippen molar-refractivity contribution in [2.45, 2.75) is 25.5 Å². The fourth-order valence-corrected chi connectivity index (χ4v) is 2.72. The van der Waals surface area contributed by atoms with Crippen LogP contribution >= 0.6 is 0 Å². The Morgan fingerprint density at radius 3 is 2.80 bits per heavy atom. The molecule has 2 atom stereocenters. The van der Waals surface area contributed by atoms with Crippen LogP contribution in [-0.2, 0) is 0 Å². The fraction of sp³-hybridized carbons (Fsp3) is 0.533. The van der Waals surface area contributed by atoms with E-state index in [0.29, 0.717) is 30.6 Å². The van der Waals surface area contributed by atoms with Crippen molar-refractivity contribution >= 4 is 5.91 Å². The summed E-state index contributed by atoms with van der Waals surface area (Å²) in [6, 6.07) is 5.13. The van der Waals surface area contributed by atoms with Gasteiger partial charge in [0.05, 0.1) is 11.7 Å². The second-order valence-corrected chi connectivity index (χ2v) is 5.73. The minimum absolute atomic E-state index is 0.0209. The molecular formula is C15H22N2O3. The van der Waals surface area contributed by atoms with Crippen LogP contribution in [-0.4, -0.2) is 65.3 Å². The van der Waals surface area contributed by atoms with E-state index in [1.165, 1.54) is 0 Å². The number of para-hydroxylation sites is 1. The molecule has 2 rings (SSSR count). The first-order valence-electron chi connectivity index (χ1n) is 6.82. The van der Waals surface area contributed by atoms with Crippen LogP contribution in [0.15, 0.2) is 18.2 Å². The third-order valence-corrected chi connectivity index (χ3v) is 3.70. The normalized spacial score (nSPS) is 22.6. The van der Waals surface area contributed by atoms with Gasteiger partial charge in [-0.25, -0.2) is 0 Å². The number of nitrogens with zero attached hydrogens (tertiary/aromatic N) is 2. The zero-order valence-corrected chi connectivity index (χ0v) is 12.2. The second kappa shape index (κ2) is 5.81. The molecule has 1 aromatic rings. The summed E-state index contributed by atoms with van der Waals surface area (Å²) in [7, 11) is 3.88. The van der Waals surface area contributed by atoms with Crippen LogP contribution in [0.3, 0.4) is 0 Å². The molecule has 5 heteroatoms. The summed E-state index contributed by atoms with van der Waals surface area (Å²) >= 11 is 0. The molecule has 0 radical (unpaired) electrons. The van der Waals surface area contributed by atoms with Gasteiger partial charge in [0.2, 0.25) is 0 Å². The Morgan fingerprint density at radius 2 is 2.15 bits per heavy atom. The number of hydrogen-bond acceptors (Lipinski definition) is 4. The maximum Gasteiger partial charge on any atom is 0.258 e. The Balaban J connectivity index is 2.24.